The first-order valence-electron chi connectivity index (χ1n) is 7.23. The van der Waals surface area contributed by atoms with Gasteiger partial charge in [0.25, 0.3) is 0 Å². The van der Waals surface area contributed by atoms with Crippen molar-refractivity contribution in [2.24, 2.45) is 0 Å². The van der Waals surface area contributed by atoms with Gasteiger partial charge in [0, 0.05) is 6.61 Å². The van der Waals surface area contributed by atoms with E-state index >= 15 is 0 Å². The summed E-state index contributed by atoms with van der Waals surface area (Å²) in [6.45, 7) is 14.6. The first kappa shape index (κ1) is 16.9. The predicted molar refractivity (Wildman–Crippen MR) is 74.5 cm³/mol. The van der Waals surface area contributed by atoms with Crippen LogP contribution in [0.3, 0.4) is 0 Å². The monoisotopic (exact) mass is 244 g/mol. The molecule has 0 aliphatic heterocycles. The minimum atomic E-state index is -0.0613. The van der Waals surface area contributed by atoms with E-state index in [1.807, 2.05) is 6.92 Å². The van der Waals surface area contributed by atoms with Crippen LogP contribution in [0.5, 0.6) is 0 Å². The molecular weight excluding hydrogens is 212 g/mol. The van der Waals surface area contributed by atoms with E-state index < -0.39 is 0 Å². The largest absolute Gasteiger partial charge is 0.376 e. The minimum Gasteiger partial charge on any atom is -0.376 e. The van der Waals surface area contributed by atoms with Gasteiger partial charge in [0.15, 0.2) is 0 Å². The molecule has 0 bridgehead atoms. The molecule has 104 valence electrons. The molecule has 0 aromatic heterocycles. The zero-order valence-corrected chi connectivity index (χ0v) is 12.8. The van der Waals surface area contributed by atoms with E-state index in [9.17, 15) is 0 Å². The molecule has 0 radical (unpaired) electrons. The number of rotatable bonds is 10. The Bertz CT molecular complexity index is 183. The Labute approximate surface area is 108 Å². The SMILES string of the molecule is CCCC(CC)(CC)OCCC(C)(C)OCC. The third-order valence-electron chi connectivity index (χ3n) is 3.64. The van der Waals surface area contributed by atoms with Gasteiger partial charge < -0.3 is 9.47 Å². The molecule has 0 rings (SSSR count). The quantitative estimate of drug-likeness (QED) is 0.560. The lowest BCUT2D eigenvalue weighted by atomic mass is 9.91. The summed E-state index contributed by atoms with van der Waals surface area (Å²) in [6, 6.07) is 0. The van der Waals surface area contributed by atoms with Gasteiger partial charge in [-0.2, -0.15) is 0 Å². The second-order valence-corrected chi connectivity index (χ2v) is 5.43. The third-order valence-corrected chi connectivity index (χ3v) is 3.64. The molecule has 2 nitrogen and oxygen atoms in total. The second-order valence-electron chi connectivity index (χ2n) is 5.43. The van der Waals surface area contributed by atoms with Crippen molar-refractivity contribution >= 4 is 0 Å². The van der Waals surface area contributed by atoms with Crippen LogP contribution in [0.15, 0.2) is 0 Å². The van der Waals surface area contributed by atoms with Crippen LogP contribution in [0, 0.1) is 0 Å². The maximum absolute atomic E-state index is 6.17. The van der Waals surface area contributed by atoms with Crippen molar-refractivity contribution in [1.29, 1.82) is 0 Å². The highest BCUT2D eigenvalue weighted by atomic mass is 16.5. The molecule has 0 amide bonds. The molecule has 2 heteroatoms. The van der Waals surface area contributed by atoms with Crippen molar-refractivity contribution in [3.8, 4) is 0 Å². The lowest BCUT2D eigenvalue weighted by molar-refractivity contribution is -0.0899. The highest BCUT2D eigenvalue weighted by Gasteiger charge is 2.27. The van der Waals surface area contributed by atoms with E-state index in [0.29, 0.717) is 0 Å². The van der Waals surface area contributed by atoms with Gasteiger partial charge in [-0.05, 0) is 46.5 Å². The molecule has 0 aromatic rings. The van der Waals surface area contributed by atoms with Gasteiger partial charge in [-0.3, -0.25) is 0 Å². The van der Waals surface area contributed by atoms with E-state index in [-0.39, 0.29) is 11.2 Å². The highest BCUT2D eigenvalue weighted by Crippen LogP contribution is 2.27. The smallest absolute Gasteiger partial charge is 0.0677 e. The van der Waals surface area contributed by atoms with Crippen molar-refractivity contribution in [1.82, 2.24) is 0 Å². The molecule has 0 aliphatic rings. The van der Waals surface area contributed by atoms with Crippen LogP contribution in [0.1, 0.15) is 73.6 Å². The molecule has 0 aromatic carbocycles. The summed E-state index contributed by atoms with van der Waals surface area (Å²) in [6.07, 6.45) is 5.52. The Balaban J connectivity index is 4.13. The van der Waals surface area contributed by atoms with Crippen LogP contribution in [0.25, 0.3) is 0 Å². The van der Waals surface area contributed by atoms with Crippen molar-refractivity contribution in [2.45, 2.75) is 84.8 Å². The van der Waals surface area contributed by atoms with Gasteiger partial charge >= 0.3 is 0 Å². The summed E-state index contributed by atoms with van der Waals surface area (Å²) in [4.78, 5) is 0. The van der Waals surface area contributed by atoms with E-state index in [1.54, 1.807) is 0 Å². The molecule has 0 atom stereocenters. The summed E-state index contributed by atoms with van der Waals surface area (Å²) < 4.78 is 11.9. The van der Waals surface area contributed by atoms with Gasteiger partial charge in [0.05, 0.1) is 17.8 Å². The Morgan fingerprint density at radius 3 is 1.82 bits per heavy atom. The summed E-state index contributed by atoms with van der Waals surface area (Å²) in [7, 11) is 0. The molecule has 0 N–H and O–H groups in total. The summed E-state index contributed by atoms with van der Waals surface area (Å²) >= 11 is 0. The summed E-state index contributed by atoms with van der Waals surface area (Å²) in [5, 5.41) is 0. The molecule has 0 spiro atoms. The van der Waals surface area contributed by atoms with Crippen molar-refractivity contribution in [2.75, 3.05) is 13.2 Å². The Morgan fingerprint density at radius 2 is 1.41 bits per heavy atom. The molecule has 0 saturated carbocycles. The lowest BCUT2D eigenvalue weighted by Crippen LogP contribution is -2.34. The van der Waals surface area contributed by atoms with Gasteiger partial charge in [0.1, 0.15) is 0 Å². The third kappa shape index (κ3) is 6.42. The molecule has 0 heterocycles. The maximum Gasteiger partial charge on any atom is 0.0677 e. The van der Waals surface area contributed by atoms with Crippen LogP contribution >= 0.6 is 0 Å². The zero-order chi connectivity index (χ0) is 13.4. The minimum absolute atomic E-state index is 0.0613. The average molecular weight is 244 g/mol. The standard InChI is InChI=1S/C15H32O2/c1-7-11-15(8-2,9-3)17-13-12-14(5,6)16-10-4/h7-13H2,1-6H3. The fraction of sp³-hybridized carbons (Fsp3) is 1.00. The van der Waals surface area contributed by atoms with Crippen LogP contribution in [-0.4, -0.2) is 24.4 Å². The maximum atomic E-state index is 6.17. The Morgan fingerprint density at radius 1 is 0.824 bits per heavy atom. The number of hydrogen-bond donors (Lipinski definition) is 0. The molecule has 0 aliphatic carbocycles. The molecule has 0 unspecified atom stereocenters. The van der Waals surface area contributed by atoms with Gasteiger partial charge in [-0.25, -0.2) is 0 Å². The van der Waals surface area contributed by atoms with Gasteiger partial charge in [0.2, 0.25) is 0 Å². The topological polar surface area (TPSA) is 18.5 Å². The molecule has 0 fully saturated rings. The average Bonchev–Trinajstić information content (AvgIpc) is 2.27. The fourth-order valence-electron chi connectivity index (χ4n) is 2.31. The highest BCUT2D eigenvalue weighted by molar-refractivity contribution is 4.78. The number of hydrogen-bond acceptors (Lipinski definition) is 2. The zero-order valence-electron chi connectivity index (χ0n) is 12.8. The van der Waals surface area contributed by atoms with Crippen molar-refractivity contribution < 1.29 is 9.47 Å². The molecule has 17 heavy (non-hydrogen) atoms. The number of ether oxygens (including phenoxy) is 2. The normalized spacial score (nSPS) is 13.1. The Kier molecular flexibility index (Phi) is 8.06. The van der Waals surface area contributed by atoms with E-state index in [2.05, 4.69) is 34.6 Å². The van der Waals surface area contributed by atoms with Crippen LogP contribution < -0.4 is 0 Å². The van der Waals surface area contributed by atoms with Gasteiger partial charge in [-0.15, -0.1) is 0 Å². The van der Waals surface area contributed by atoms with E-state index in [0.717, 1.165) is 38.9 Å². The Hall–Kier alpha value is -0.0800. The summed E-state index contributed by atoms with van der Waals surface area (Å²) in [5.74, 6) is 0. The lowest BCUT2D eigenvalue weighted by Gasteiger charge is -2.33. The molecular formula is C15H32O2. The van der Waals surface area contributed by atoms with Crippen LogP contribution in [-0.2, 0) is 9.47 Å². The van der Waals surface area contributed by atoms with Crippen molar-refractivity contribution in [3.63, 3.8) is 0 Å². The van der Waals surface area contributed by atoms with Crippen LogP contribution in [0.4, 0.5) is 0 Å². The fourth-order valence-corrected chi connectivity index (χ4v) is 2.31. The molecule has 0 saturated heterocycles. The van der Waals surface area contributed by atoms with Gasteiger partial charge in [-0.1, -0.05) is 27.2 Å². The van der Waals surface area contributed by atoms with E-state index in [4.69, 9.17) is 9.47 Å². The first-order chi connectivity index (χ1) is 7.95. The first-order valence-corrected chi connectivity index (χ1v) is 7.23. The summed E-state index contributed by atoms with van der Waals surface area (Å²) in [5.41, 5.74) is 0.0330. The predicted octanol–water partition coefficient (Wildman–Crippen LogP) is 4.57. The van der Waals surface area contributed by atoms with Crippen molar-refractivity contribution in [3.05, 3.63) is 0 Å². The second kappa shape index (κ2) is 8.10. The van der Waals surface area contributed by atoms with E-state index in [1.165, 1.54) is 6.42 Å². The van der Waals surface area contributed by atoms with Crippen LogP contribution in [0.2, 0.25) is 0 Å².